The Bertz CT molecular complexity index is 617. The highest BCUT2D eigenvalue weighted by Crippen LogP contribution is 2.31. The number of rotatable bonds is 5. The second-order valence-electron chi connectivity index (χ2n) is 3.86. The van der Waals surface area contributed by atoms with E-state index in [1.54, 1.807) is 30.7 Å². The van der Waals surface area contributed by atoms with E-state index in [4.69, 9.17) is 22.2 Å². The molecule has 0 saturated carbocycles. The number of anilines is 2. The Morgan fingerprint density at radius 2 is 2.35 bits per heavy atom. The van der Waals surface area contributed by atoms with Gasteiger partial charge >= 0.3 is 0 Å². The molecule has 6 nitrogen and oxygen atoms in total. The molecule has 2 rings (SSSR count). The molecular formula is C12H13ClN4O2S. The minimum Gasteiger partial charge on any atom is -0.495 e. The lowest BCUT2D eigenvalue weighted by Crippen LogP contribution is -2.31. The highest BCUT2D eigenvalue weighted by molar-refractivity contribution is 7.13. The zero-order valence-electron chi connectivity index (χ0n) is 10.6. The molecule has 0 aliphatic rings. The Balaban J connectivity index is 2.14. The quantitative estimate of drug-likeness (QED) is 0.447. The molecule has 0 radical (unpaired) electrons. The van der Waals surface area contributed by atoms with Crippen molar-refractivity contribution in [3.63, 3.8) is 0 Å². The van der Waals surface area contributed by atoms with Gasteiger partial charge in [0, 0.05) is 10.4 Å². The third-order valence-electron chi connectivity index (χ3n) is 2.46. The summed E-state index contributed by atoms with van der Waals surface area (Å²) in [4.78, 5) is 15.5. The zero-order chi connectivity index (χ0) is 14.5. The van der Waals surface area contributed by atoms with Crippen LogP contribution in [0.1, 0.15) is 5.69 Å². The smallest absolute Gasteiger partial charge is 0.239 e. The number of ether oxygens (including phenoxy) is 1. The van der Waals surface area contributed by atoms with Crippen LogP contribution in [0.4, 0.5) is 10.8 Å². The van der Waals surface area contributed by atoms with Gasteiger partial charge in [-0.15, -0.1) is 11.3 Å². The summed E-state index contributed by atoms with van der Waals surface area (Å²) >= 11 is 7.33. The van der Waals surface area contributed by atoms with Gasteiger partial charge in [-0.05, 0) is 18.2 Å². The molecule has 1 heterocycles. The lowest BCUT2D eigenvalue weighted by Gasteiger charge is -2.09. The summed E-state index contributed by atoms with van der Waals surface area (Å²) in [5, 5.41) is 6.13. The maximum Gasteiger partial charge on any atom is 0.239 e. The summed E-state index contributed by atoms with van der Waals surface area (Å²) in [6.07, 6.45) is 0.140. The number of benzene rings is 1. The summed E-state index contributed by atoms with van der Waals surface area (Å²) in [6, 6.07) is 5.25. The molecule has 4 N–H and O–H groups in total. The van der Waals surface area contributed by atoms with Crippen LogP contribution in [0.25, 0.3) is 0 Å². The Kier molecular flexibility index (Phi) is 4.78. The molecule has 2 aromatic rings. The fraction of sp³-hybridized carbons (Fsp3) is 0.167. The number of nitrogens with one attached hydrogen (secondary N) is 2. The normalized spacial score (nSPS) is 10.2. The van der Waals surface area contributed by atoms with Crippen LogP contribution >= 0.6 is 22.9 Å². The van der Waals surface area contributed by atoms with Gasteiger partial charge in [-0.25, -0.2) is 10.8 Å². The first-order valence-electron chi connectivity index (χ1n) is 5.67. The van der Waals surface area contributed by atoms with E-state index < -0.39 is 0 Å². The number of halogens is 1. The summed E-state index contributed by atoms with van der Waals surface area (Å²) in [7, 11) is 1.58. The molecule has 0 saturated heterocycles. The Morgan fingerprint density at radius 1 is 1.55 bits per heavy atom. The van der Waals surface area contributed by atoms with E-state index in [2.05, 4.69) is 15.7 Å². The van der Waals surface area contributed by atoms with Crippen molar-refractivity contribution < 1.29 is 9.53 Å². The summed E-state index contributed by atoms with van der Waals surface area (Å²) < 4.78 is 5.24. The van der Waals surface area contributed by atoms with Gasteiger partial charge in [-0.1, -0.05) is 11.6 Å². The lowest BCUT2D eigenvalue weighted by molar-refractivity contribution is -0.120. The molecule has 0 fully saturated rings. The van der Waals surface area contributed by atoms with E-state index in [9.17, 15) is 4.79 Å². The number of nitrogens with zero attached hydrogens (tertiary/aromatic N) is 1. The van der Waals surface area contributed by atoms with E-state index in [0.717, 1.165) is 0 Å². The average Bonchev–Trinajstić information content (AvgIpc) is 2.86. The van der Waals surface area contributed by atoms with E-state index in [0.29, 0.717) is 27.3 Å². The molecule has 20 heavy (non-hydrogen) atoms. The molecule has 0 unspecified atom stereocenters. The number of aromatic nitrogens is 1. The number of hydrogen-bond donors (Lipinski definition) is 3. The first-order valence-corrected chi connectivity index (χ1v) is 6.92. The van der Waals surface area contributed by atoms with Crippen molar-refractivity contribution in [3.05, 3.63) is 34.3 Å². The fourth-order valence-corrected chi connectivity index (χ4v) is 2.45. The zero-order valence-corrected chi connectivity index (χ0v) is 12.2. The van der Waals surface area contributed by atoms with Crippen LogP contribution in [0.15, 0.2) is 23.6 Å². The number of carbonyl (C=O) groups excluding carboxylic acids is 1. The van der Waals surface area contributed by atoms with Gasteiger partial charge in [-0.3, -0.25) is 10.2 Å². The van der Waals surface area contributed by atoms with Crippen molar-refractivity contribution in [2.75, 3.05) is 12.4 Å². The summed E-state index contributed by atoms with van der Waals surface area (Å²) in [6.45, 7) is 0. The second-order valence-corrected chi connectivity index (χ2v) is 5.15. The lowest BCUT2D eigenvalue weighted by atomic mass is 10.3. The summed E-state index contributed by atoms with van der Waals surface area (Å²) in [5.74, 6) is 5.40. The number of carbonyl (C=O) groups is 1. The number of hydrogen-bond acceptors (Lipinski definition) is 6. The van der Waals surface area contributed by atoms with Crippen LogP contribution in [-0.2, 0) is 11.2 Å². The number of methoxy groups -OCH3 is 1. The summed E-state index contributed by atoms with van der Waals surface area (Å²) in [5.41, 5.74) is 3.42. The SMILES string of the molecule is COc1ccc(Cl)cc1Nc1nc(CC(=O)NN)cs1. The van der Waals surface area contributed by atoms with E-state index in [1.807, 2.05) is 0 Å². The standard InChI is InChI=1S/C12H13ClN4O2S/c1-19-10-3-2-7(13)4-9(10)16-12-15-8(6-20-12)5-11(18)17-14/h2-4,6H,5,14H2,1H3,(H,15,16)(H,17,18). The Labute approximate surface area is 124 Å². The highest BCUT2D eigenvalue weighted by Gasteiger charge is 2.09. The van der Waals surface area contributed by atoms with Crippen LogP contribution in [0.2, 0.25) is 5.02 Å². The van der Waals surface area contributed by atoms with Crippen molar-refractivity contribution in [1.82, 2.24) is 10.4 Å². The number of hydrazine groups is 1. The minimum atomic E-state index is -0.290. The predicted molar refractivity (Wildman–Crippen MR) is 79.4 cm³/mol. The van der Waals surface area contributed by atoms with Gasteiger partial charge in [0.1, 0.15) is 5.75 Å². The topological polar surface area (TPSA) is 89.3 Å². The minimum absolute atomic E-state index is 0.140. The maximum atomic E-state index is 11.2. The molecule has 1 aromatic heterocycles. The Morgan fingerprint density at radius 3 is 3.05 bits per heavy atom. The van der Waals surface area contributed by atoms with Gasteiger partial charge in [-0.2, -0.15) is 0 Å². The monoisotopic (exact) mass is 312 g/mol. The largest absolute Gasteiger partial charge is 0.495 e. The molecule has 8 heteroatoms. The number of nitrogens with two attached hydrogens (primary N) is 1. The van der Waals surface area contributed by atoms with Crippen molar-refractivity contribution >= 4 is 39.7 Å². The third kappa shape index (κ3) is 3.60. The van der Waals surface area contributed by atoms with Crippen molar-refractivity contribution in [1.29, 1.82) is 0 Å². The molecular weight excluding hydrogens is 300 g/mol. The number of thiazole rings is 1. The Hall–Kier alpha value is -1.83. The molecule has 106 valence electrons. The molecule has 0 bridgehead atoms. The fourth-order valence-electron chi connectivity index (χ4n) is 1.55. The van der Waals surface area contributed by atoms with Gasteiger partial charge in [0.25, 0.3) is 0 Å². The average molecular weight is 313 g/mol. The second kappa shape index (κ2) is 6.56. The van der Waals surface area contributed by atoms with Crippen molar-refractivity contribution in [2.45, 2.75) is 6.42 Å². The van der Waals surface area contributed by atoms with Gasteiger partial charge in [0.2, 0.25) is 5.91 Å². The van der Waals surface area contributed by atoms with Crippen molar-refractivity contribution in [2.24, 2.45) is 5.84 Å². The van der Waals surface area contributed by atoms with Gasteiger partial charge < -0.3 is 10.1 Å². The molecule has 0 atom stereocenters. The van der Waals surface area contributed by atoms with Crippen molar-refractivity contribution in [3.8, 4) is 5.75 Å². The van der Waals surface area contributed by atoms with Crippen LogP contribution in [0.3, 0.4) is 0 Å². The van der Waals surface area contributed by atoms with E-state index in [1.165, 1.54) is 11.3 Å². The van der Waals surface area contributed by atoms with Crippen LogP contribution in [-0.4, -0.2) is 18.0 Å². The molecule has 0 spiro atoms. The molecule has 1 aromatic carbocycles. The van der Waals surface area contributed by atoms with Gasteiger partial charge in [0.05, 0.1) is 24.9 Å². The van der Waals surface area contributed by atoms with Crippen LogP contribution in [0.5, 0.6) is 5.75 Å². The third-order valence-corrected chi connectivity index (χ3v) is 3.50. The molecule has 0 aliphatic carbocycles. The first-order chi connectivity index (χ1) is 9.62. The van der Waals surface area contributed by atoms with Gasteiger partial charge in [0.15, 0.2) is 5.13 Å². The van der Waals surface area contributed by atoms with Crippen LogP contribution < -0.4 is 21.3 Å². The highest BCUT2D eigenvalue weighted by atomic mass is 35.5. The maximum absolute atomic E-state index is 11.2. The van der Waals surface area contributed by atoms with E-state index in [-0.39, 0.29) is 12.3 Å². The number of amides is 1. The molecule has 1 amide bonds. The molecule has 0 aliphatic heterocycles. The first kappa shape index (κ1) is 14.6. The van der Waals surface area contributed by atoms with E-state index >= 15 is 0 Å². The van der Waals surface area contributed by atoms with Crippen LogP contribution in [0, 0.1) is 0 Å². The predicted octanol–water partition coefficient (Wildman–Crippen LogP) is 2.08.